The maximum absolute atomic E-state index is 8.74. The fourth-order valence-corrected chi connectivity index (χ4v) is 0. The first-order valence-electron chi connectivity index (χ1n) is 1.89. The van der Waals surface area contributed by atoms with Gasteiger partial charge in [0.15, 0.2) is 0 Å². The van der Waals surface area contributed by atoms with Gasteiger partial charge in [0, 0.05) is 0 Å². The van der Waals surface area contributed by atoms with Crippen molar-refractivity contribution >= 4 is 74.0 Å². The standard InChI is InChI=1S/Al.Ca.2H2O4S.H2O.O.2H/c;;2*1-5(2,3)4;;;;/h;;2*(H2,1,2,3,4);1H2;;;/q+1;+2;;;;;2*-1/p-1. The molecule has 0 radical (unpaired) electrons. The Hall–Kier alpha value is 1.13. The average molecular weight is 298 g/mol. The van der Waals surface area contributed by atoms with E-state index >= 15 is 0 Å². The predicted octanol–water partition coefficient (Wildman–Crippen LogP) is -2.52. The van der Waals surface area contributed by atoms with Gasteiger partial charge in [-0.1, -0.05) is 0 Å². The van der Waals surface area contributed by atoms with Crippen LogP contribution < -0.4 is 0 Å². The van der Waals surface area contributed by atoms with E-state index < -0.39 is 36.3 Å². The summed E-state index contributed by atoms with van der Waals surface area (Å²) in [5.74, 6) is 0. The Bertz CT molecular complexity index is 260. The van der Waals surface area contributed by atoms with Gasteiger partial charge in [0.2, 0.25) is 0 Å². The van der Waals surface area contributed by atoms with Crippen molar-refractivity contribution in [3.05, 3.63) is 0 Å². The molecule has 0 fully saturated rings. The predicted molar refractivity (Wildman–Crippen MR) is 45.0 cm³/mol. The van der Waals surface area contributed by atoms with Crippen LogP contribution in [0.1, 0.15) is 2.85 Å². The third-order valence-electron chi connectivity index (χ3n) is 0. The van der Waals surface area contributed by atoms with E-state index in [1.54, 1.807) is 0 Å². The van der Waals surface area contributed by atoms with Crippen molar-refractivity contribution in [1.82, 2.24) is 0 Å². The van der Waals surface area contributed by atoms with Gasteiger partial charge in [-0.15, -0.1) is 0 Å². The molecule has 0 heterocycles. The minimum atomic E-state index is -4.67. The van der Waals surface area contributed by atoms with Crippen LogP contribution in [-0.4, -0.2) is 92.4 Å². The van der Waals surface area contributed by atoms with E-state index in [9.17, 15) is 0 Å². The van der Waals surface area contributed by atoms with E-state index in [1.807, 2.05) is 0 Å². The molecule has 0 saturated heterocycles. The molecule has 0 rings (SSSR count). The molecule has 0 aromatic rings. The zero-order valence-corrected chi connectivity index (χ0v) is 11.4. The number of hydrogen-bond donors (Lipinski definition) is 5. The minimum absolute atomic E-state index is 0. The van der Waals surface area contributed by atoms with Crippen molar-refractivity contribution in [3.8, 4) is 0 Å². The van der Waals surface area contributed by atoms with Crippen LogP contribution in [0.2, 0.25) is 0 Å². The normalized spacial score (nSPS) is 8.86. The third-order valence-corrected chi connectivity index (χ3v) is 0. The second-order valence-corrected chi connectivity index (χ2v) is 3.00. The molecule has 0 saturated carbocycles. The van der Waals surface area contributed by atoms with Gasteiger partial charge in [-0.05, 0) is 0 Å². The summed E-state index contributed by atoms with van der Waals surface area (Å²) < 4.78 is 78.8. The van der Waals surface area contributed by atoms with Crippen molar-refractivity contribution in [3.63, 3.8) is 0 Å². The fourth-order valence-electron chi connectivity index (χ4n) is 0. The average Bonchev–Trinajstić information content (AvgIpc) is 1.52. The van der Waals surface area contributed by atoms with Gasteiger partial charge >= 0.3 is 82.0 Å². The van der Waals surface area contributed by atoms with Gasteiger partial charge in [0.25, 0.3) is 0 Å². The third kappa shape index (κ3) is 1510. The molecular weight excluding hydrogens is 291 g/mol. The number of rotatable bonds is 0. The van der Waals surface area contributed by atoms with Crippen LogP contribution in [0.5, 0.6) is 0 Å². The molecule has 0 spiro atoms. The molecule has 0 aromatic carbocycles. The number of hydrogen-bond acceptors (Lipinski definition) is 5. The van der Waals surface area contributed by atoms with E-state index in [2.05, 4.69) is 0 Å². The van der Waals surface area contributed by atoms with E-state index in [0.29, 0.717) is 0 Å². The molecule has 0 bridgehead atoms. The fraction of sp³-hybridized carbons (Fsp3) is 0. The Morgan fingerprint density at radius 2 is 0.857 bits per heavy atom. The first-order valence-corrected chi connectivity index (χ1v) is 5.67. The second kappa shape index (κ2) is 12.2. The Morgan fingerprint density at radius 1 is 0.857 bits per heavy atom. The first-order chi connectivity index (χ1) is 5.41. The van der Waals surface area contributed by atoms with Gasteiger partial charge in [-0.25, -0.2) is 0 Å². The SMILES string of the molecule is O=S(=O)(O)O.O=S(=O)(O)O.[Ca+2].[H-].[H-].[O]=[Al][OH]. The van der Waals surface area contributed by atoms with Crippen LogP contribution in [-0.2, 0) is 24.6 Å². The van der Waals surface area contributed by atoms with Crippen LogP contribution in [0.3, 0.4) is 0 Å². The molecule has 5 N–H and O–H groups in total. The molecule has 0 amide bonds. The van der Waals surface area contributed by atoms with E-state index in [0.717, 1.165) is 0 Å². The van der Waals surface area contributed by atoms with Crippen LogP contribution in [0.15, 0.2) is 0 Å². The molecule has 0 aliphatic carbocycles. The first kappa shape index (κ1) is 24.4. The van der Waals surface area contributed by atoms with Crippen LogP contribution >= 0.6 is 0 Å². The van der Waals surface area contributed by atoms with Gasteiger partial charge in [-0.3, -0.25) is 18.2 Å². The topological polar surface area (TPSA) is 186 Å². The Labute approximate surface area is 119 Å². The second-order valence-electron chi connectivity index (χ2n) is 1.00. The van der Waals surface area contributed by atoms with Crippen molar-refractivity contribution in [2.24, 2.45) is 0 Å². The van der Waals surface area contributed by atoms with Gasteiger partial charge in [0.05, 0.1) is 0 Å². The van der Waals surface area contributed by atoms with Crippen molar-refractivity contribution < 1.29 is 45.9 Å². The zero-order valence-electron chi connectivity index (χ0n) is 8.38. The van der Waals surface area contributed by atoms with E-state index in [4.69, 9.17) is 43.0 Å². The summed E-state index contributed by atoms with van der Waals surface area (Å²) in [6.07, 6.45) is 0. The van der Waals surface area contributed by atoms with Crippen LogP contribution in [0, 0.1) is 0 Å². The summed E-state index contributed by atoms with van der Waals surface area (Å²) in [4.78, 5) is 0. The maximum atomic E-state index is 8.74. The molecular formula is H7AlCaO10S2. The van der Waals surface area contributed by atoms with E-state index in [-0.39, 0.29) is 40.6 Å². The molecule has 14 heteroatoms. The van der Waals surface area contributed by atoms with Crippen molar-refractivity contribution in [2.45, 2.75) is 0 Å². The van der Waals surface area contributed by atoms with Crippen LogP contribution in [0.4, 0.5) is 0 Å². The summed E-state index contributed by atoms with van der Waals surface area (Å²) in [5, 5.41) is 0. The Morgan fingerprint density at radius 3 is 0.857 bits per heavy atom. The Balaban J connectivity index is -0.0000000220. The molecule has 0 aliphatic rings. The van der Waals surface area contributed by atoms with Crippen molar-refractivity contribution in [2.75, 3.05) is 0 Å². The summed E-state index contributed by atoms with van der Waals surface area (Å²) in [6.45, 7) is 0. The molecule has 84 valence electrons. The van der Waals surface area contributed by atoms with E-state index in [1.165, 1.54) is 0 Å². The Kier molecular flexibility index (Phi) is 21.3. The quantitative estimate of drug-likeness (QED) is 0.236. The summed E-state index contributed by atoms with van der Waals surface area (Å²) in [6, 6.07) is 0. The molecule has 0 aliphatic heterocycles. The molecule has 14 heavy (non-hydrogen) atoms. The van der Waals surface area contributed by atoms with Crippen LogP contribution in [0.25, 0.3) is 0 Å². The molecule has 0 atom stereocenters. The monoisotopic (exact) mass is 298 g/mol. The molecule has 10 nitrogen and oxygen atoms in total. The summed E-state index contributed by atoms with van der Waals surface area (Å²) in [5.41, 5.74) is 0. The van der Waals surface area contributed by atoms with Gasteiger partial charge in [0.1, 0.15) is 0 Å². The van der Waals surface area contributed by atoms with Gasteiger partial charge < -0.3 is 2.85 Å². The summed E-state index contributed by atoms with van der Waals surface area (Å²) in [7, 11) is -9.33. The zero-order chi connectivity index (χ0) is 11.7. The molecule has 0 unspecified atom stereocenters. The van der Waals surface area contributed by atoms with Gasteiger partial charge in [-0.2, -0.15) is 16.8 Å². The summed E-state index contributed by atoms with van der Waals surface area (Å²) >= 11 is -1.50. The van der Waals surface area contributed by atoms with Crippen molar-refractivity contribution in [1.29, 1.82) is 0 Å². The molecule has 0 aromatic heterocycles.